The molecule has 2 atom stereocenters. The third-order valence-corrected chi connectivity index (χ3v) is 12.4. The number of nitrogens with one attached hydrogen (secondary N) is 2. The quantitative estimate of drug-likeness (QED) is 0.153. The van der Waals surface area contributed by atoms with Gasteiger partial charge in [0.1, 0.15) is 11.4 Å². The molecular formula is C39H40N4O5S. The summed E-state index contributed by atoms with van der Waals surface area (Å²) in [6.45, 7) is 3.09. The van der Waals surface area contributed by atoms with Gasteiger partial charge in [0.25, 0.3) is 11.8 Å². The smallest absolute Gasteiger partial charge is 0.355 e. The molecule has 0 saturated heterocycles. The van der Waals surface area contributed by atoms with E-state index in [1.54, 1.807) is 47.7 Å². The van der Waals surface area contributed by atoms with Crippen LogP contribution in [-0.2, 0) is 13.0 Å². The van der Waals surface area contributed by atoms with E-state index < -0.39 is 11.9 Å². The van der Waals surface area contributed by atoms with E-state index in [-0.39, 0.29) is 39.4 Å². The molecule has 0 radical (unpaired) electrons. The number of rotatable bonds is 8. The zero-order valence-corrected chi connectivity index (χ0v) is 28.3. The van der Waals surface area contributed by atoms with Crippen LogP contribution in [0.15, 0.2) is 60.0 Å². The summed E-state index contributed by atoms with van der Waals surface area (Å²) in [5.41, 5.74) is 9.80. The van der Waals surface area contributed by atoms with Crippen LogP contribution in [0.25, 0.3) is 21.6 Å². The predicted molar refractivity (Wildman–Crippen MR) is 189 cm³/mol. The summed E-state index contributed by atoms with van der Waals surface area (Å²) < 4.78 is 6.18. The number of carboxylic acids is 1. The Labute approximate surface area is 289 Å². The number of amides is 2. The average molecular weight is 677 g/mol. The topological polar surface area (TPSA) is 144 Å². The van der Waals surface area contributed by atoms with Gasteiger partial charge in [0.2, 0.25) is 0 Å². The van der Waals surface area contributed by atoms with E-state index in [1.807, 2.05) is 17.5 Å². The highest BCUT2D eigenvalue weighted by atomic mass is 32.1. The number of ether oxygens (including phenoxy) is 1. The van der Waals surface area contributed by atoms with Crippen molar-refractivity contribution in [1.29, 1.82) is 0 Å². The fourth-order valence-electron chi connectivity index (χ4n) is 9.53. The maximum atomic E-state index is 14.0. The van der Waals surface area contributed by atoms with Crippen molar-refractivity contribution in [1.82, 2.24) is 10.3 Å². The fourth-order valence-corrected chi connectivity index (χ4v) is 10.5. The lowest BCUT2D eigenvalue weighted by Gasteiger charge is -2.62. The molecule has 9 nitrogen and oxygen atoms in total. The number of fused-ring (bicyclic) bond motifs is 3. The van der Waals surface area contributed by atoms with Gasteiger partial charge in [-0.15, -0.1) is 11.3 Å². The predicted octanol–water partition coefficient (Wildman–Crippen LogP) is 7.30. The normalized spacial score (nSPS) is 24.7. The molecule has 2 aromatic carbocycles. The lowest BCUT2D eigenvalue weighted by Crippen LogP contribution is -2.63. The van der Waals surface area contributed by atoms with Crippen LogP contribution < -0.4 is 21.1 Å². The Kier molecular flexibility index (Phi) is 7.83. The van der Waals surface area contributed by atoms with Crippen LogP contribution in [0, 0.1) is 17.3 Å². The summed E-state index contributed by atoms with van der Waals surface area (Å²) in [6, 6.07) is 16.0. The minimum Gasteiger partial charge on any atom is -0.493 e. The van der Waals surface area contributed by atoms with E-state index in [4.69, 9.17) is 10.5 Å². The average Bonchev–Trinajstić information content (AvgIpc) is 3.48. The molecular weight excluding hydrogens is 637 g/mol. The van der Waals surface area contributed by atoms with Gasteiger partial charge < -0.3 is 26.2 Å². The highest BCUT2D eigenvalue weighted by Crippen LogP contribution is 2.62. The maximum absolute atomic E-state index is 14.0. The zero-order valence-electron chi connectivity index (χ0n) is 27.5. The van der Waals surface area contributed by atoms with Crippen LogP contribution in [0.3, 0.4) is 0 Å². The first-order valence-electron chi connectivity index (χ1n) is 17.2. The van der Waals surface area contributed by atoms with Crippen LogP contribution in [0.1, 0.15) is 94.3 Å². The first-order chi connectivity index (χ1) is 23.7. The summed E-state index contributed by atoms with van der Waals surface area (Å²) in [5.74, 6) is -0.248. The van der Waals surface area contributed by atoms with E-state index in [0.717, 1.165) is 47.3 Å². The van der Waals surface area contributed by atoms with E-state index >= 15 is 0 Å². The van der Waals surface area contributed by atoms with E-state index in [2.05, 4.69) is 28.6 Å². The molecule has 2 amide bonds. The van der Waals surface area contributed by atoms with Crippen molar-refractivity contribution in [3.63, 3.8) is 0 Å². The number of hydrogen-bond donors (Lipinski definition) is 4. The Balaban J connectivity index is 1.17. The van der Waals surface area contributed by atoms with Gasteiger partial charge in [-0.1, -0.05) is 25.5 Å². The third-order valence-electron chi connectivity index (χ3n) is 11.4. The first-order valence-corrected chi connectivity index (χ1v) is 18.1. The van der Waals surface area contributed by atoms with Gasteiger partial charge in [0.05, 0.1) is 6.61 Å². The van der Waals surface area contributed by atoms with E-state index in [0.29, 0.717) is 48.4 Å². The molecule has 4 bridgehead atoms. The molecule has 4 fully saturated rings. The lowest BCUT2D eigenvalue weighted by molar-refractivity contribution is -0.0795. The Morgan fingerprint density at radius 3 is 2.47 bits per heavy atom. The highest BCUT2D eigenvalue weighted by Gasteiger charge is 2.57. The van der Waals surface area contributed by atoms with Crippen molar-refractivity contribution in [3.8, 4) is 27.3 Å². The second-order valence-corrected chi connectivity index (χ2v) is 15.5. The van der Waals surface area contributed by atoms with Gasteiger partial charge >= 0.3 is 5.97 Å². The summed E-state index contributed by atoms with van der Waals surface area (Å²) >= 11 is 1.57. The number of aromatic nitrogens is 1. The Bertz CT molecular complexity index is 1970. The summed E-state index contributed by atoms with van der Waals surface area (Å²) in [4.78, 5) is 46.2. The van der Waals surface area contributed by atoms with Gasteiger partial charge in [0, 0.05) is 51.3 Å². The molecule has 2 unspecified atom stereocenters. The first kappa shape index (κ1) is 31.7. The Hall–Kier alpha value is -4.54. The number of nitrogens with two attached hydrogens (primary N) is 1. The lowest BCUT2D eigenvalue weighted by atomic mass is 9.46. The number of carbonyl (C=O) groups is 3. The second kappa shape index (κ2) is 12.1. The van der Waals surface area contributed by atoms with Crippen molar-refractivity contribution >= 4 is 34.8 Å². The Morgan fingerprint density at radius 1 is 0.980 bits per heavy atom. The number of pyridine rings is 1. The molecule has 5 N–H and O–H groups in total. The van der Waals surface area contributed by atoms with E-state index in [9.17, 15) is 19.5 Å². The van der Waals surface area contributed by atoms with Crippen molar-refractivity contribution in [3.05, 3.63) is 88.1 Å². The molecule has 10 heteroatoms. The van der Waals surface area contributed by atoms with Crippen LogP contribution in [0.4, 0.5) is 5.69 Å². The van der Waals surface area contributed by atoms with E-state index in [1.165, 1.54) is 19.3 Å². The minimum absolute atomic E-state index is 0.0580. The van der Waals surface area contributed by atoms with Crippen LogP contribution in [-0.4, -0.2) is 40.0 Å². The third kappa shape index (κ3) is 5.70. The van der Waals surface area contributed by atoms with Gasteiger partial charge in [-0.3, -0.25) is 9.59 Å². The molecule has 3 heterocycles. The number of benzene rings is 2. The summed E-state index contributed by atoms with van der Waals surface area (Å²) in [5, 5.41) is 18.8. The molecule has 5 aliphatic rings. The largest absolute Gasteiger partial charge is 0.493 e. The molecule has 9 rings (SSSR count). The SMILES string of the molecule is CCC12CC3CC(C1)CC(NC(=O)c1ccc(-c4cc5c(cc4C(=O)Nc4ccc(CN)cc4)-c4sccc4CCO5)c(C(=O)O)n1)(C3)C2. The number of nitrogens with zero attached hydrogens (tertiary/aromatic N) is 1. The molecule has 4 saturated carbocycles. The standard InChI is InChI=1S/C39H40N4O5S/c1-2-38-16-23-13-24(17-38)19-39(18-23,21-38)43-36(45)31-8-7-27(33(42-31)37(46)47)28-15-32-30(34-25(9-11-48-32)10-12-49-34)14-29(28)35(44)41-26-5-3-22(20-40)4-6-26/h3-8,10,12,14-15,23-24H,2,9,11,13,16-21,40H2,1H3,(H,41,44)(H,43,45)(H,46,47). The van der Waals surface area contributed by atoms with Gasteiger partial charge in [-0.25, -0.2) is 9.78 Å². The molecule has 4 aromatic rings. The van der Waals surface area contributed by atoms with Crippen LogP contribution >= 0.6 is 11.3 Å². The zero-order chi connectivity index (χ0) is 33.9. The maximum Gasteiger partial charge on any atom is 0.355 e. The number of thiophene rings is 1. The number of aromatic carboxylic acids is 1. The van der Waals surface area contributed by atoms with Crippen molar-refractivity contribution in [2.75, 3.05) is 11.9 Å². The number of hydrogen-bond acceptors (Lipinski definition) is 7. The van der Waals surface area contributed by atoms with Gasteiger partial charge in [-0.2, -0.15) is 0 Å². The van der Waals surface area contributed by atoms with Gasteiger partial charge in [-0.05, 0) is 115 Å². The molecule has 4 aliphatic carbocycles. The van der Waals surface area contributed by atoms with Crippen molar-refractivity contribution in [2.45, 2.75) is 70.4 Å². The summed E-state index contributed by atoms with van der Waals surface area (Å²) in [7, 11) is 0. The fraction of sp³-hybridized carbons (Fsp3) is 0.385. The number of anilines is 1. The highest BCUT2D eigenvalue weighted by molar-refractivity contribution is 7.13. The molecule has 49 heavy (non-hydrogen) atoms. The molecule has 2 aromatic heterocycles. The number of carbonyl (C=O) groups excluding carboxylic acids is 2. The van der Waals surface area contributed by atoms with Crippen molar-refractivity contribution < 1.29 is 24.2 Å². The Morgan fingerprint density at radius 2 is 1.76 bits per heavy atom. The van der Waals surface area contributed by atoms with Crippen molar-refractivity contribution in [2.24, 2.45) is 23.0 Å². The van der Waals surface area contributed by atoms with Crippen LogP contribution in [0.2, 0.25) is 0 Å². The van der Waals surface area contributed by atoms with Gasteiger partial charge in [0.15, 0.2) is 5.69 Å². The monoisotopic (exact) mass is 676 g/mol. The number of carboxylic acid groups (broad SMARTS) is 1. The molecule has 252 valence electrons. The van der Waals surface area contributed by atoms with Crippen LogP contribution in [0.5, 0.6) is 5.75 Å². The summed E-state index contributed by atoms with van der Waals surface area (Å²) in [6.07, 6.45) is 8.44. The molecule has 0 spiro atoms. The second-order valence-electron chi connectivity index (χ2n) is 14.6. The molecule has 1 aliphatic heterocycles. The minimum atomic E-state index is -1.29.